The first-order valence-corrected chi connectivity index (χ1v) is 11.3. The Labute approximate surface area is 169 Å². The van der Waals surface area contributed by atoms with Gasteiger partial charge in [-0.2, -0.15) is 0 Å². The lowest BCUT2D eigenvalue weighted by atomic mass is 9.83. The molecular weight excluding hydrogens is 333 g/mol. The fraction of sp³-hybridized carbons (Fsp3) is 0.760. The molecule has 27 heavy (non-hydrogen) atoms. The predicted octanol–water partition coefficient (Wildman–Crippen LogP) is 9.21. The minimum atomic E-state index is -0.223. The van der Waals surface area contributed by atoms with Gasteiger partial charge in [-0.1, -0.05) is 93.1 Å². The van der Waals surface area contributed by atoms with Crippen molar-refractivity contribution in [1.29, 1.82) is 0 Å². The van der Waals surface area contributed by atoms with E-state index < -0.39 is 0 Å². The van der Waals surface area contributed by atoms with Gasteiger partial charge in [0.25, 0.3) is 0 Å². The van der Waals surface area contributed by atoms with Crippen LogP contribution in [0.3, 0.4) is 0 Å². The number of aliphatic imine (C=N–C) groups is 1. The molecule has 1 unspecified atom stereocenters. The molecule has 0 saturated carbocycles. The zero-order valence-corrected chi connectivity index (χ0v) is 19.3. The zero-order chi connectivity index (χ0) is 21.1. The third kappa shape index (κ3) is 13.6. The van der Waals surface area contributed by atoms with Gasteiger partial charge >= 0.3 is 0 Å². The Hall–Kier alpha value is -1.14. The van der Waals surface area contributed by atoms with Crippen molar-refractivity contribution in [3.8, 4) is 0 Å². The van der Waals surface area contributed by atoms with Crippen molar-refractivity contribution in [3.05, 3.63) is 29.4 Å². The predicted molar refractivity (Wildman–Crippen MR) is 122 cm³/mol. The van der Waals surface area contributed by atoms with Crippen molar-refractivity contribution in [1.82, 2.24) is 0 Å². The van der Waals surface area contributed by atoms with Crippen LogP contribution in [0.1, 0.15) is 113 Å². The number of allylic oxidation sites excluding steroid dienone is 3. The van der Waals surface area contributed by atoms with Crippen molar-refractivity contribution in [2.45, 2.75) is 113 Å². The first-order valence-electron chi connectivity index (χ1n) is 11.3. The highest BCUT2D eigenvalue weighted by atomic mass is 19.1. The van der Waals surface area contributed by atoms with E-state index in [9.17, 15) is 4.39 Å². The van der Waals surface area contributed by atoms with Crippen molar-refractivity contribution in [2.75, 3.05) is 0 Å². The fourth-order valence-corrected chi connectivity index (χ4v) is 3.18. The zero-order valence-electron chi connectivity index (χ0n) is 19.3. The normalized spacial score (nSPS) is 13.1. The highest BCUT2D eigenvalue weighted by Crippen LogP contribution is 2.31. The molecule has 0 radical (unpaired) electrons. The molecule has 1 atom stereocenters. The Morgan fingerprint density at radius 3 is 1.96 bits per heavy atom. The van der Waals surface area contributed by atoms with Gasteiger partial charge in [0.1, 0.15) is 5.83 Å². The van der Waals surface area contributed by atoms with Gasteiger partial charge in [-0.25, -0.2) is 9.38 Å². The van der Waals surface area contributed by atoms with Crippen LogP contribution in [0.25, 0.3) is 0 Å². The molecule has 0 N–H and O–H groups in total. The van der Waals surface area contributed by atoms with Gasteiger partial charge in [-0.05, 0) is 37.7 Å². The summed E-state index contributed by atoms with van der Waals surface area (Å²) in [7, 11) is 0. The van der Waals surface area contributed by atoms with E-state index in [-0.39, 0.29) is 5.83 Å². The largest absolute Gasteiger partial charge is 0.250 e. The summed E-state index contributed by atoms with van der Waals surface area (Å²) >= 11 is 0. The highest BCUT2D eigenvalue weighted by Gasteiger charge is 2.19. The van der Waals surface area contributed by atoms with Gasteiger partial charge in [-0.3, -0.25) is 0 Å². The van der Waals surface area contributed by atoms with Crippen molar-refractivity contribution < 1.29 is 4.39 Å². The Balaban J connectivity index is 0. The maximum Gasteiger partial charge on any atom is 0.140 e. The fourth-order valence-electron chi connectivity index (χ4n) is 3.18. The Kier molecular flexibility index (Phi) is 20.4. The SMILES string of the molecule is C=C=C(N=C/C(F)=C(\C)CC)C(CCC)CC(CCCC)CCCC.CC. The molecule has 0 fully saturated rings. The third-order valence-electron chi connectivity index (χ3n) is 5.01. The Morgan fingerprint density at radius 1 is 1.00 bits per heavy atom. The molecule has 0 spiro atoms. The number of unbranched alkanes of at least 4 members (excludes halogenated alkanes) is 2. The molecule has 0 aliphatic heterocycles. The lowest BCUT2D eigenvalue weighted by Crippen LogP contribution is -2.11. The molecule has 0 aromatic carbocycles. The lowest BCUT2D eigenvalue weighted by molar-refractivity contribution is 0.332. The van der Waals surface area contributed by atoms with Crippen LogP contribution >= 0.6 is 0 Å². The van der Waals surface area contributed by atoms with Crippen LogP contribution in [0.2, 0.25) is 0 Å². The van der Waals surface area contributed by atoms with Gasteiger partial charge in [0.05, 0.1) is 11.9 Å². The third-order valence-corrected chi connectivity index (χ3v) is 5.01. The molecule has 0 aromatic rings. The van der Waals surface area contributed by atoms with Crippen LogP contribution in [0.5, 0.6) is 0 Å². The summed E-state index contributed by atoms with van der Waals surface area (Å²) in [6, 6.07) is 0. The smallest absolute Gasteiger partial charge is 0.140 e. The van der Waals surface area contributed by atoms with Gasteiger partial charge in [0.15, 0.2) is 0 Å². The summed E-state index contributed by atoms with van der Waals surface area (Å²) in [5.41, 5.74) is 4.57. The molecule has 0 aliphatic carbocycles. The molecule has 0 aliphatic rings. The molecule has 0 aromatic heterocycles. The lowest BCUT2D eigenvalue weighted by Gasteiger charge is -2.23. The van der Waals surface area contributed by atoms with Crippen molar-refractivity contribution in [2.24, 2.45) is 16.8 Å². The van der Waals surface area contributed by atoms with E-state index in [0.29, 0.717) is 12.3 Å². The van der Waals surface area contributed by atoms with E-state index in [1.54, 1.807) is 0 Å². The average Bonchev–Trinajstić information content (AvgIpc) is 2.70. The molecule has 0 amide bonds. The van der Waals surface area contributed by atoms with Gasteiger partial charge in [-0.15, -0.1) is 5.73 Å². The standard InChI is InChI=1S/C23H40FN.C2H6/c1-7-12-15-20(16-13-8-2)17-21(14-9-3)23(11-5)25-18-22(24)19(6)10-4;1-2/h18,20-21H,5,7-10,12-17H2,1-4,6H3;1-2H3/b22-19-,25-18?;. The van der Waals surface area contributed by atoms with Gasteiger partial charge in [0, 0.05) is 5.92 Å². The minimum absolute atomic E-state index is 0.223. The van der Waals surface area contributed by atoms with Crippen LogP contribution in [-0.2, 0) is 0 Å². The van der Waals surface area contributed by atoms with E-state index in [1.807, 2.05) is 27.7 Å². The van der Waals surface area contributed by atoms with E-state index >= 15 is 0 Å². The van der Waals surface area contributed by atoms with E-state index in [2.05, 4.69) is 38.1 Å². The minimum Gasteiger partial charge on any atom is -0.250 e. The van der Waals surface area contributed by atoms with E-state index in [1.165, 1.54) is 44.7 Å². The quantitative estimate of drug-likeness (QED) is 0.211. The average molecular weight is 380 g/mol. The van der Waals surface area contributed by atoms with Crippen molar-refractivity contribution >= 4 is 6.21 Å². The molecule has 2 heteroatoms. The van der Waals surface area contributed by atoms with E-state index in [0.717, 1.165) is 36.5 Å². The van der Waals surface area contributed by atoms with Crippen LogP contribution in [-0.4, -0.2) is 6.21 Å². The van der Waals surface area contributed by atoms with Gasteiger partial charge in [0.2, 0.25) is 0 Å². The summed E-state index contributed by atoms with van der Waals surface area (Å²) in [5.74, 6) is 0.846. The number of hydrogen-bond acceptors (Lipinski definition) is 1. The molecule has 0 heterocycles. The Bertz CT molecular complexity index is 447. The van der Waals surface area contributed by atoms with Crippen LogP contribution in [0, 0.1) is 11.8 Å². The maximum absolute atomic E-state index is 14.0. The second kappa shape index (κ2) is 19.6. The maximum atomic E-state index is 14.0. The van der Waals surface area contributed by atoms with Crippen LogP contribution < -0.4 is 0 Å². The van der Waals surface area contributed by atoms with Crippen molar-refractivity contribution in [3.63, 3.8) is 0 Å². The summed E-state index contributed by atoms with van der Waals surface area (Å²) < 4.78 is 14.0. The summed E-state index contributed by atoms with van der Waals surface area (Å²) in [6.45, 7) is 18.3. The van der Waals surface area contributed by atoms with Crippen LogP contribution in [0.4, 0.5) is 4.39 Å². The Morgan fingerprint density at radius 2 is 1.56 bits per heavy atom. The first kappa shape index (κ1) is 28.1. The molecule has 0 saturated heterocycles. The first-order chi connectivity index (χ1) is 13.0. The summed E-state index contributed by atoms with van der Waals surface area (Å²) in [6.07, 6.45) is 13.0. The molecule has 158 valence electrons. The second-order valence-electron chi connectivity index (χ2n) is 7.17. The number of rotatable bonds is 14. The summed E-state index contributed by atoms with van der Waals surface area (Å²) in [5, 5.41) is 0. The second-order valence-corrected chi connectivity index (χ2v) is 7.17. The topological polar surface area (TPSA) is 12.4 Å². The number of halogens is 1. The summed E-state index contributed by atoms with van der Waals surface area (Å²) in [4.78, 5) is 4.43. The molecule has 1 nitrogen and oxygen atoms in total. The molecular formula is C25H46FN. The molecule has 0 bridgehead atoms. The monoisotopic (exact) mass is 379 g/mol. The van der Waals surface area contributed by atoms with E-state index in [4.69, 9.17) is 0 Å². The van der Waals surface area contributed by atoms with Crippen LogP contribution in [0.15, 0.2) is 34.4 Å². The van der Waals surface area contributed by atoms with Gasteiger partial charge < -0.3 is 0 Å². The number of hydrogen-bond donors (Lipinski definition) is 0. The number of nitrogens with zero attached hydrogens (tertiary/aromatic N) is 1. The molecule has 0 rings (SSSR count). The highest BCUT2D eigenvalue weighted by molar-refractivity contribution is 5.77.